The summed E-state index contributed by atoms with van der Waals surface area (Å²) in [4.78, 5) is 12.7. The maximum absolute atomic E-state index is 10.5. The van der Waals surface area contributed by atoms with E-state index in [9.17, 15) is 4.79 Å². The molecule has 0 aliphatic rings. The van der Waals surface area contributed by atoms with Crippen LogP contribution < -0.4 is 5.32 Å². The maximum atomic E-state index is 10.5. The quantitative estimate of drug-likeness (QED) is 0.721. The Kier molecular flexibility index (Phi) is 6.90. The molecule has 3 nitrogen and oxygen atoms in total. The number of carbonyl (C=O) groups is 1. The fraction of sp³-hybridized carbons (Fsp3) is 0.667. The second-order valence-corrected chi connectivity index (χ2v) is 4.21. The molecule has 0 bridgehead atoms. The molecule has 0 aromatic heterocycles. The third kappa shape index (κ3) is 9.56. The van der Waals surface area contributed by atoms with Crippen molar-refractivity contribution in [2.24, 2.45) is 0 Å². The van der Waals surface area contributed by atoms with Crippen molar-refractivity contribution in [1.29, 1.82) is 0 Å². The minimum absolute atomic E-state index is 0.0348. The van der Waals surface area contributed by atoms with Crippen LogP contribution in [0.2, 0.25) is 0 Å². The monoisotopic (exact) mass is 248 g/mol. The topological polar surface area (TPSA) is 32.3 Å². The largest absolute Gasteiger partial charge is 0.356 e. The summed E-state index contributed by atoms with van der Waals surface area (Å²) in [6.07, 6.45) is 0.969. The lowest BCUT2D eigenvalue weighted by molar-refractivity contribution is -0.118. The van der Waals surface area contributed by atoms with Crippen LogP contribution in [0.15, 0.2) is 11.1 Å². The number of likely N-dealkylation sites (N-methyl/N-ethyl adjacent to an activating group) is 1. The van der Waals surface area contributed by atoms with Gasteiger partial charge in [0.25, 0.3) is 0 Å². The van der Waals surface area contributed by atoms with Gasteiger partial charge in [0.15, 0.2) is 0 Å². The zero-order chi connectivity index (χ0) is 10.3. The van der Waals surface area contributed by atoms with Gasteiger partial charge in [-0.05, 0) is 20.0 Å². The standard InChI is InChI=1S/C9H17BrN2O/c1-8(10)7-12(3)6-4-5-11-9(2)13/h1,4-7H2,2-3H3,(H,11,13). The van der Waals surface area contributed by atoms with Crippen molar-refractivity contribution in [3.05, 3.63) is 11.1 Å². The fourth-order valence-electron chi connectivity index (χ4n) is 0.985. The zero-order valence-electron chi connectivity index (χ0n) is 8.27. The second kappa shape index (κ2) is 7.09. The molecule has 0 radical (unpaired) electrons. The third-order valence-electron chi connectivity index (χ3n) is 1.53. The molecule has 4 heteroatoms. The summed E-state index contributed by atoms with van der Waals surface area (Å²) >= 11 is 3.30. The van der Waals surface area contributed by atoms with Gasteiger partial charge < -0.3 is 10.2 Å². The summed E-state index contributed by atoms with van der Waals surface area (Å²) in [5, 5.41) is 2.75. The van der Waals surface area contributed by atoms with Crippen LogP contribution in [0.25, 0.3) is 0 Å². The van der Waals surface area contributed by atoms with E-state index in [0.717, 1.165) is 30.5 Å². The molecule has 0 fully saturated rings. The summed E-state index contributed by atoms with van der Waals surface area (Å²) < 4.78 is 0.981. The van der Waals surface area contributed by atoms with Gasteiger partial charge in [-0.15, -0.1) is 0 Å². The highest BCUT2D eigenvalue weighted by molar-refractivity contribution is 9.11. The van der Waals surface area contributed by atoms with Gasteiger partial charge in [-0.3, -0.25) is 4.79 Å². The molecule has 0 saturated heterocycles. The van der Waals surface area contributed by atoms with Gasteiger partial charge in [-0.2, -0.15) is 0 Å². The fourth-order valence-corrected chi connectivity index (χ4v) is 1.41. The summed E-state index contributed by atoms with van der Waals surface area (Å²) in [7, 11) is 2.03. The number of halogens is 1. The maximum Gasteiger partial charge on any atom is 0.216 e. The molecule has 0 aromatic rings. The first-order valence-electron chi connectivity index (χ1n) is 4.28. The van der Waals surface area contributed by atoms with Crippen LogP contribution in [0.3, 0.4) is 0 Å². The molecule has 0 heterocycles. The van der Waals surface area contributed by atoms with Crippen molar-refractivity contribution >= 4 is 21.8 Å². The Labute approximate surface area is 88.3 Å². The Balaban J connectivity index is 3.31. The van der Waals surface area contributed by atoms with E-state index >= 15 is 0 Å². The van der Waals surface area contributed by atoms with Gasteiger partial charge in [0.05, 0.1) is 0 Å². The summed E-state index contributed by atoms with van der Waals surface area (Å²) in [5.74, 6) is 0.0348. The van der Waals surface area contributed by atoms with Crippen LogP contribution >= 0.6 is 15.9 Å². The number of nitrogens with one attached hydrogen (secondary N) is 1. The van der Waals surface area contributed by atoms with Gasteiger partial charge in [0.1, 0.15) is 0 Å². The first kappa shape index (κ1) is 12.7. The second-order valence-electron chi connectivity index (χ2n) is 3.09. The predicted octanol–water partition coefficient (Wildman–Crippen LogP) is 1.35. The zero-order valence-corrected chi connectivity index (χ0v) is 9.85. The lowest BCUT2D eigenvalue weighted by Gasteiger charge is -2.15. The predicted molar refractivity (Wildman–Crippen MR) is 58.9 cm³/mol. The van der Waals surface area contributed by atoms with E-state index in [2.05, 4.69) is 32.7 Å². The van der Waals surface area contributed by atoms with Crippen LogP contribution in [0.5, 0.6) is 0 Å². The molecule has 1 N–H and O–H groups in total. The number of hydrogen-bond acceptors (Lipinski definition) is 2. The number of carbonyl (C=O) groups excluding carboxylic acids is 1. The van der Waals surface area contributed by atoms with E-state index < -0.39 is 0 Å². The summed E-state index contributed by atoms with van der Waals surface area (Å²) in [6, 6.07) is 0. The summed E-state index contributed by atoms with van der Waals surface area (Å²) in [5.41, 5.74) is 0. The van der Waals surface area contributed by atoms with Gasteiger partial charge >= 0.3 is 0 Å². The van der Waals surface area contributed by atoms with E-state index in [1.165, 1.54) is 6.92 Å². The van der Waals surface area contributed by atoms with E-state index in [1.54, 1.807) is 0 Å². The van der Waals surface area contributed by atoms with Crippen molar-refractivity contribution in [3.8, 4) is 0 Å². The molecule has 0 rings (SSSR count). The average molecular weight is 249 g/mol. The lowest BCUT2D eigenvalue weighted by atomic mass is 10.4. The molecule has 1 amide bonds. The van der Waals surface area contributed by atoms with Gasteiger partial charge in [0.2, 0.25) is 5.91 Å². The number of nitrogens with zero attached hydrogens (tertiary/aromatic N) is 1. The van der Waals surface area contributed by atoms with Crippen molar-refractivity contribution in [3.63, 3.8) is 0 Å². The molecule has 0 aliphatic heterocycles. The highest BCUT2D eigenvalue weighted by Crippen LogP contribution is 2.02. The Hall–Kier alpha value is -0.350. The van der Waals surface area contributed by atoms with E-state index in [0.29, 0.717) is 0 Å². The molecule has 0 spiro atoms. The van der Waals surface area contributed by atoms with Crippen LogP contribution in [0, 0.1) is 0 Å². The Morgan fingerprint density at radius 1 is 1.62 bits per heavy atom. The van der Waals surface area contributed by atoms with Crippen molar-refractivity contribution in [1.82, 2.24) is 10.2 Å². The average Bonchev–Trinajstić information content (AvgIpc) is 1.96. The lowest BCUT2D eigenvalue weighted by Crippen LogP contribution is -2.27. The molecule has 0 atom stereocenters. The first-order valence-corrected chi connectivity index (χ1v) is 5.08. The molecular weight excluding hydrogens is 232 g/mol. The van der Waals surface area contributed by atoms with Crippen LogP contribution in [-0.4, -0.2) is 37.5 Å². The first-order chi connectivity index (χ1) is 6.02. The minimum atomic E-state index is 0.0348. The number of rotatable bonds is 6. The Morgan fingerprint density at radius 2 is 2.23 bits per heavy atom. The molecule has 76 valence electrons. The highest BCUT2D eigenvalue weighted by atomic mass is 79.9. The van der Waals surface area contributed by atoms with Crippen LogP contribution in [0.4, 0.5) is 0 Å². The molecule has 13 heavy (non-hydrogen) atoms. The third-order valence-corrected chi connectivity index (χ3v) is 1.78. The van der Waals surface area contributed by atoms with E-state index in [4.69, 9.17) is 0 Å². The Morgan fingerprint density at radius 3 is 2.69 bits per heavy atom. The molecule has 0 saturated carbocycles. The SMILES string of the molecule is C=C(Br)CN(C)CCCNC(C)=O. The van der Waals surface area contributed by atoms with E-state index in [1.807, 2.05) is 7.05 Å². The molecule has 0 aliphatic carbocycles. The van der Waals surface area contributed by atoms with Crippen molar-refractivity contribution in [2.75, 3.05) is 26.7 Å². The van der Waals surface area contributed by atoms with Gasteiger partial charge in [-0.1, -0.05) is 22.5 Å². The number of hydrogen-bond donors (Lipinski definition) is 1. The van der Waals surface area contributed by atoms with Gasteiger partial charge in [-0.25, -0.2) is 0 Å². The normalized spacial score (nSPS) is 10.2. The molecule has 0 unspecified atom stereocenters. The van der Waals surface area contributed by atoms with Crippen molar-refractivity contribution in [2.45, 2.75) is 13.3 Å². The molecular formula is C9H17BrN2O. The van der Waals surface area contributed by atoms with Crippen LogP contribution in [-0.2, 0) is 4.79 Å². The van der Waals surface area contributed by atoms with Gasteiger partial charge in [0, 0.05) is 24.5 Å². The minimum Gasteiger partial charge on any atom is -0.356 e. The van der Waals surface area contributed by atoms with Crippen molar-refractivity contribution < 1.29 is 4.79 Å². The van der Waals surface area contributed by atoms with Crippen LogP contribution in [0.1, 0.15) is 13.3 Å². The Bertz CT molecular complexity index is 182. The van der Waals surface area contributed by atoms with E-state index in [-0.39, 0.29) is 5.91 Å². The summed E-state index contributed by atoms with van der Waals surface area (Å²) in [6.45, 7) is 7.84. The highest BCUT2D eigenvalue weighted by Gasteiger charge is 1.98. The smallest absolute Gasteiger partial charge is 0.216 e. The number of amides is 1. The molecule has 0 aromatic carbocycles.